The average molecular weight is 392 g/mol. The summed E-state index contributed by atoms with van der Waals surface area (Å²) in [5.41, 5.74) is 0.731. The van der Waals surface area contributed by atoms with Crippen molar-refractivity contribution in [1.29, 1.82) is 0 Å². The van der Waals surface area contributed by atoms with Crippen molar-refractivity contribution in [2.24, 2.45) is 0 Å². The van der Waals surface area contributed by atoms with Gasteiger partial charge >= 0.3 is 0 Å². The predicted octanol–water partition coefficient (Wildman–Crippen LogP) is 1.91. The second-order valence-corrected chi connectivity index (χ2v) is 8.20. The van der Waals surface area contributed by atoms with Gasteiger partial charge in [-0.3, -0.25) is 4.79 Å². The number of ether oxygens (including phenoxy) is 1. The van der Waals surface area contributed by atoms with Crippen LogP contribution in [0.5, 0.6) is 5.75 Å². The molecule has 0 unspecified atom stereocenters. The third-order valence-corrected chi connectivity index (χ3v) is 6.47. The molecule has 27 heavy (non-hydrogen) atoms. The number of amides is 1. The number of piperazine rings is 1. The molecule has 3 rings (SSSR count). The molecule has 2 aromatic rings. The van der Waals surface area contributed by atoms with Gasteiger partial charge in [0.1, 0.15) is 11.6 Å². The number of halogens is 1. The molecule has 1 fully saturated rings. The number of rotatable bonds is 5. The van der Waals surface area contributed by atoms with Crippen molar-refractivity contribution in [2.75, 3.05) is 33.3 Å². The van der Waals surface area contributed by atoms with Crippen LogP contribution < -0.4 is 4.74 Å². The molecule has 0 saturated carbocycles. The highest BCUT2D eigenvalue weighted by Crippen LogP contribution is 2.21. The van der Waals surface area contributed by atoms with Gasteiger partial charge in [-0.25, -0.2) is 12.8 Å². The molecule has 6 nitrogen and oxygen atoms in total. The van der Waals surface area contributed by atoms with Crippen molar-refractivity contribution in [1.82, 2.24) is 9.21 Å². The van der Waals surface area contributed by atoms with Crippen LogP contribution in [-0.4, -0.2) is 56.8 Å². The summed E-state index contributed by atoms with van der Waals surface area (Å²) in [4.78, 5) is 14.2. The van der Waals surface area contributed by atoms with Crippen molar-refractivity contribution in [2.45, 2.75) is 11.3 Å². The zero-order valence-corrected chi connectivity index (χ0v) is 15.8. The lowest BCUT2D eigenvalue weighted by Crippen LogP contribution is -2.50. The van der Waals surface area contributed by atoms with Gasteiger partial charge in [0.05, 0.1) is 18.4 Å². The van der Waals surface area contributed by atoms with E-state index in [-0.39, 0.29) is 36.1 Å². The summed E-state index contributed by atoms with van der Waals surface area (Å²) in [5, 5.41) is 0. The molecule has 144 valence electrons. The third-order valence-electron chi connectivity index (χ3n) is 4.56. The van der Waals surface area contributed by atoms with Gasteiger partial charge in [-0.15, -0.1) is 0 Å². The van der Waals surface area contributed by atoms with E-state index in [1.54, 1.807) is 29.2 Å². The highest BCUT2D eigenvalue weighted by atomic mass is 32.2. The zero-order valence-electron chi connectivity index (χ0n) is 15.0. The Morgan fingerprint density at radius 1 is 1.00 bits per heavy atom. The summed E-state index contributed by atoms with van der Waals surface area (Å²) < 4.78 is 44.9. The monoisotopic (exact) mass is 392 g/mol. The fourth-order valence-corrected chi connectivity index (χ4v) is 4.39. The molecule has 8 heteroatoms. The Kier molecular flexibility index (Phi) is 5.76. The molecule has 1 heterocycles. The Bertz CT molecular complexity index is 890. The molecule has 0 N–H and O–H groups in total. The van der Waals surface area contributed by atoms with Gasteiger partial charge in [0.25, 0.3) is 0 Å². The molecule has 1 aliphatic rings. The van der Waals surface area contributed by atoms with Crippen LogP contribution in [0.15, 0.2) is 53.4 Å². The highest BCUT2D eigenvalue weighted by Gasteiger charge is 2.30. The van der Waals surface area contributed by atoms with Gasteiger partial charge in [-0.05, 0) is 42.0 Å². The van der Waals surface area contributed by atoms with Crippen LogP contribution in [-0.2, 0) is 21.2 Å². The summed E-state index contributed by atoms with van der Waals surface area (Å²) in [6, 6.07) is 12.0. The minimum absolute atomic E-state index is 0.0943. The molecule has 0 radical (unpaired) electrons. The molecular formula is C19H21FN2O4S. The SMILES string of the molecule is COc1ccc(S(=O)(=O)N2CCN(C(=O)Cc3ccc(F)cc3)CC2)cc1. The maximum Gasteiger partial charge on any atom is 0.243 e. The number of carbonyl (C=O) groups excluding carboxylic acids is 1. The zero-order chi connectivity index (χ0) is 19.4. The first-order valence-electron chi connectivity index (χ1n) is 8.56. The van der Waals surface area contributed by atoms with Crippen LogP contribution >= 0.6 is 0 Å². The number of hydrogen-bond acceptors (Lipinski definition) is 4. The number of carbonyl (C=O) groups is 1. The number of hydrogen-bond donors (Lipinski definition) is 0. The van der Waals surface area contributed by atoms with Gasteiger partial charge in [0, 0.05) is 26.2 Å². The van der Waals surface area contributed by atoms with E-state index < -0.39 is 10.0 Å². The van der Waals surface area contributed by atoms with E-state index in [1.807, 2.05) is 0 Å². The van der Waals surface area contributed by atoms with E-state index in [0.29, 0.717) is 18.8 Å². The summed E-state index contributed by atoms with van der Waals surface area (Å²) >= 11 is 0. The minimum atomic E-state index is -3.60. The highest BCUT2D eigenvalue weighted by molar-refractivity contribution is 7.89. The third kappa shape index (κ3) is 4.45. The molecule has 2 aromatic carbocycles. The maximum absolute atomic E-state index is 13.0. The molecule has 0 atom stereocenters. The first kappa shape index (κ1) is 19.3. The van der Waals surface area contributed by atoms with Crippen molar-refractivity contribution < 1.29 is 22.3 Å². The standard InChI is InChI=1S/C19H21FN2O4S/c1-26-17-6-8-18(9-7-17)27(24,25)22-12-10-21(11-13-22)19(23)14-15-2-4-16(20)5-3-15/h2-9H,10-14H2,1H3. The summed E-state index contributed by atoms with van der Waals surface area (Å²) in [7, 11) is -2.08. The Morgan fingerprint density at radius 3 is 2.15 bits per heavy atom. The van der Waals surface area contributed by atoms with E-state index in [2.05, 4.69) is 0 Å². The second-order valence-electron chi connectivity index (χ2n) is 6.26. The van der Waals surface area contributed by atoms with Crippen LogP contribution in [0.2, 0.25) is 0 Å². The van der Waals surface area contributed by atoms with Crippen molar-refractivity contribution in [3.05, 3.63) is 59.9 Å². The molecule has 1 amide bonds. The Balaban J connectivity index is 1.60. The van der Waals surface area contributed by atoms with Gasteiger partial charge in [0.2, 0.25) is 15.9 Å². The quantitative estimate of drug-likeness (QED) is 0.780. The number of nitrogens with zero attached hydrogens (tertiary/aromatic N) is 2. The van der Waals surface area contributed by atoms with Crippen LogP contribution in [0.1, 0.15) is 5.56 Å². The maximum atomic E-state index is 13.0. The van der Waals surface area contributed by atoms with E-state index in [9.17, 15) is 17.6 Å². The second kappa shape index (κ2) is 8.06. The summed E-state index contributed by atoms with van der Waals surface area (Å²) in [6.45, 7) is 1.14. The smallest absolute Gasteiger partial charge is 0.243 e. The molecule has 0 aliphatic carbocycles. The van der Waals surface area contributed by atoms with Gasteiger partial charge < -0.3 is 9.64 Å². The van der Waals surface area contributed by atoms with Crippen molar-refractivity contribution >= 4 is 15.9 Å². The minimum Gasteiger partial charge on any atom is -0.497 e. The van der Waals surface area contributed by atoms with Crippen LogP contribution in [0.3, 0.4) is 0 Å². The lowest BCUT2D eigenvalue weighted by Gasteiger charge is -2.34. The number of sulfonamides is 1. The molecular weight excluding hydrogens is 371 g/mol. The number of benzene rings is 2. The van der Waals surface area contributed by atoms with Crippen LogP contribution in [0.25, 0.3) is 0 Å². The Hall–Kier alpha value is -2.45. The van der Waals surface area contributed by atoms with E-state index >= 15 is 0 Å². The first-order valence-corrected chi connectivity index (χ1v) is 10.0. The number of methoxy groups -OCH3 is 1. The molecule has 1 saturated heterocycles. The van der Waals surface area contributed by atoms with E-state index in [0.717, 1.165) is 5.56 Å². The van der Waals surface area contributed by atoms with E-state index in [1.165, 1.54) is 35.7 Å². The lowest BCUT2D eigenvalue weighted by atomic mass is 10.1. The predicted molar refractivity (Wildman–Crippen MR) is 98.4 cm³/mol. The summed E-state index contributed by atoms with van der Waals surface area (Å²) in [6.07, 6.45) is 0.172. The molecule has 0 aromatic heterocycles. The summed E-state index contributed by atoms with van der Waals surface area (Å²) in [5.74, 6) is 0.150. The van der Waals surface area contributed by atoms with Crippen molar-refractivity contribution in [3.63, 3.8) is 0 Å². The van der Waals surface area contributed by atoms with Gasteiger partial charge in [-0.2, -0.15) is 4.31 Å². The van der Waals surface area contributed by atoms with E-state index in [4.69, 9.17) is 4.74 Å². The molecule has 1 aliphatic heterocycles. The lowest BCUT2D eigenvalue weighted by molar-refractivity contribution is -0.131. The molecule has 0 bridgehead atoms. The molecule has 0 spiro atoms. The van der Waals surface area contributed by atoms with Crippen LogP contribution in [0.4, 0.5) is 4.39 Å². The van der Waals surface area contributed by atoms with Gasteiger partial charge in [0.15, 0.2) is 0 Å². The average Bonchev–Trinajstić information content (AvgIpc) is 2.70. The van der Waals surface area contributed by atoms with Crippen molar-refractivity contribution in [3.8, 4) is 5.75 Å². The normalized spacial score (nSPS) is 15.6. The Morgan fingerprint density at radius 2 is 1.59 bits per heavy atom. The fraction of sp³-hybridized carbons (Fsp3) is 0.316. The van der Waals surface area contributed by atoms with Crippen LogP contribution in [0, 0.1) is 5.82 Å². The fourth-order valence-electron chi connectivity index (χ4n) is 2.96. The Labute approximate surface area is 158 Å². The van der Waals surface area contributed by atoms with Gasteiger partial charge in [-0.1, -0.05) is 12.1 Å². The first-order chi connectivity index (χ1) is 12.9. The largest absolute Gasteiger partial charge is 0.497 e. The topological polar surface area (TPSA) is 66.9 Å².